The van der Waals surface area contributed by atoms with Crippen molar-refractivity contribution in [2.45, 2.75) is 42.4 Å². The van der Waals surface area contributed by atoms with Crippen molar-refractivity contribution in [3.63, 3.8) is 0 Å². The van der Waals surface area contributed by atoms with E-state index in [1.54, 1.807) is 18.9 Å². The maximum atomic E-state index is 5.94. The Morgan fingerprint density at radius 2 is 2.06 bits per heavy atom. The molecule has 88 valence electrons. The maximum absolute atomic E-state index is 5.94. The molecule has 1 heterocycles. The molecule has 1 aromatic heterocycles. The number of nitrogens with zero attached hydrogens (tertiary/aromatic N) is 2. The molecule has 0 spiro atoms. The Balaban J connectivity index is 2.08. The van der Waals surface area contributed by atoms with Gasteiger partial charge in [-0.05, 0) is 12.8 Å². The summed E-state index contributed by atoms with van der Waals surface area (Å²) in [5.74, 6) is 0.480. The first kappa shape index (κ1) is 11.5. The molecular weight excluding hydrogens is 222 g/mol. The van der Waals surface area contributed by atoms with Gasteiger partial charge in [0.25, 0.3) is 0 Å². The van der Waals surface area contributed by atoms with Gasteiger partial charge in [0.2, 0.25) is 5.88 Å². The zero-order valence-electron chi connectivity index (χ0n) is 9.48. The fourth-order valence-electron chi connectivity index (χ4n) is 1.96. The first-order valence-electron chi connectivity index (χ1n) is 5.62. The average molecular weight is 239 g/mol. The number of thioether (sulfide) groups is 1. The van der Waals surface area contributed by atoms with Crippen LogP contribution in [0.4, 0.5) is 5.69 Å². The highest BCUT2D eigenvalue weighted by Crippen LogP contribution is 2.36. The molecule has 4 nitrogen and oxygen atoms in total. The van der Waals surface area contributed by atoms with Crippen LogP contribution in [0.15, 0.2) is 11.4 Å². The molecule has 0 saturated heterocycles. The van der Waals surface area contributed by atoms with Gasteiger partial charge in [-0.1, -0.05) is 19.3 Å². The van der Waals surface area contributed by atoms with Gasteiger partial charge in [0.15, 0.2) is 0 Å². The molecule has 0 aliphatic heterocycles. The molecule has 1 aliphatic rings. The van der Waals surface area contributed by atoms with E-state index in [0.29, 0.717) is 16.8 Å². The number of hydrogen-bond acceptors (Lipinski definition) is 5. The molecule has 16 heavy (non-hydrogen) atoms. The normalized spacial score (nSPS) is 17.3. The molecule has 1 aromatic rings. The second kappa shape index (κ2) is 5.39. The molecule has 0 bridgehead atoms. The molecule has 0 unspecified atom stereocenters. The van der Waals surface area contributed by atoms with Gasteiger partial charge in [0.1, 0.15) is 17.0 Å². The van der Waals surface area contributed by atoms with Gasteiger partial charge in [0.05, 0.1) is 7.11 Å². The summed E-state index contributed by atoms with van der Waals surface area (Å²) >= 11 is 1.76. The van der Waals surface area contributed by atoms with Crippen LogP contribution in [0.3, 0.4) is 0 Å². The predicted octanol–water partition coefficient (Wildman–Crippen LogP) is 2.49. The molecule has 0 atom stereocenters. The lowest BCUT2D eigenvalue weighted by molar-refractivity contribution is 0.397. The first-order chi connectivity index (χ1) is 7.81. The van der Waals surface area contributed by atoms with E-state index in [-0.39, 0.29) is 0 Å². The molecular formula is C11H17N3OS. The Labute approximate surface area is 100.0 Å². The molecule has 5 heteroatoms. The number of nitrogens with two attached hydrogens (primary N) is 1. The number of hydrogen-bond donors (Lipinski definition) is 1. The molecule has 2 N–H and O–H groups in total. The lowest BCUT2D eigenvalue weighted by Gasteiger charge is -2.21. The zero-order valence-corrected chi connectivity index (χ0v) is 10.3. The number of rotatable bonds is 3. The minimum absolute atomic E-state index is 0.480. The van der Waals surface area contributed by atoms with Crippen molar-refractivity contribution in [1.29, 1.82) is 0 Å². The summed E-state index contributed by atoms with van der Waals surface area (Å²) in [4.78, 5) is 8.21. The molecule has 1 fully saturated rings. The van der Waals surface area contributed by atoms with Gasteiger partial charge < -0.3 is 10.5 Å². The van der Waals surface area contributed by atoms with Crippen LogP contribution in [0.5, 0.6) is 5.88 Å². The third kappa shape index (κ3) is 2.58. The molecule has 0 amide bonds. The Kier molecular flexibility index (Phi) is 3.88. The second-order valence-electron chi connectivity index (χ2n) is 3.98. The van der Waals surface area contributed by atoms with Gasteiger partial charge in [0, 0.05) is 5.25 Å². The number of methoxy groups -OCH3 is 1. The van der Waals surface area contributed by atoms with Crippen molar-refractivity contribution in [3.8, 4) is 5.88 Å². The van der Waals surface area contributed by atoms with Crippen molar-refractivity contribution in [1.82, 2.24) is 9.97 Å². The van der Waals surface area contributed by atoms with Gasteiger partial charge in [-0.15, -0.1) is 11.8 Å². The molecule has 2 rings (SSSR count). The third-order valence-electron chi connectivity index (χ3n) is 2.83. The van der Waals surface area contributed by atoms with Gasteiger partial charge >= 0.3 is 0 Å². The lowest BCUT2D eigenvalue weighted by atomic mass is 10.0. The average Bonchev–Trinajstić information content (AvgIpc) is 2.33. The minimum atomic E-state index is 0.480. The topological polar surface area (TPSA) is 61.0 Å². The summed E-state index contributed by atoms with van der Waals surface area (Å²) in [6.45, 7) is 0. The van der Waals surface area contributed by atoms with Crippen LogP contribution in [0, 0.1) is 0 Å². The molecule has 1 aliphatic carbocycles. The Morgan fingerprint density at radius 1 is 1.31 bits per heavy atom. The fraction of sp³-hybridized carbons (Fsp3) is 0.636. The van der Waals surface area contributed by atoms with Crippen LogP contribution in [-0.2, 0) is 0 Å². The van der Waals surface area contributed by atoms with Crippen molar-refractivity contribution in [2.24, 2.45) is 0 Å². The van der Waals surface area contributed by atoms with E-state index >= 15 is 0 Å². The van der Waals surface area contributed by atoms with Crippen molar-refractivity contribution >= 4 is 17.4 Å². The van der Waals surface area contributed by atoms with Crippen LogP contribution in [-0.4, -0.2) is 22.3 Å². The minimum Gasteiger partial charge on any atom is -0.479 e. The van der Waals surface area contributed by atoms with Gasteiger partial charge in [-0.3, -0.25) is 0 Å². The number of nitrogen functional groups attached to an aromatic ring is 1. The third-order valence-corrected chi connectivity index (χ3v) is 4.19. The summed E-state index contributed by atoms with van der Waals surface area (Å²) in [7, 11) is 1.58. The Bertz CT molecular complexity index is 353. The van der Waals surface area contributed by atoms with E-state index in [1.165, 1.54) is 38.4 Å². The quantitative estimate of drug-likeness (QED) is 0.821. The van der Waals surface area contributed by atoms with Crippen molar-refractivity contribution in [2.75, 3.05) is 12.8 Å². The number of aromatic nitrogens is 2. The van der Waals surface area contributed by atoms with E-state index in [0.717, 1.165) is 5.03 Å². The monoisotopic (exact) mass is 239 g/mol. The smallest absolute Gasteiger partial charge is 0.241 e. The highest BCUT2D eigenvalue weighted by molar-refractivity contribution is 8.00. The number of anilines is 1. The SMILES string of the molecule is COc1ncnc(SC2CCCCC2)c1N. The summed E-state index contributed by atoms with van der Waals surface area (Å²) in [6, 6.07) is 0. The highest BCUT2D eigenvalue weighted by Gasteiger charge is 2.18. The fourth-order valence-corrected chi connectivity index (χ4v) is 3.17. The predicted molar refractivity (Wildman–Crippen MR) is 65.7 cm³/mol. The van der Waals surface area contributed by atoms with E-state index in [4.69, 9.17) is 10.5 Å². The van der Waals surface area contributed by atoms with E-state index in [9.17, 15) is 0 Å². The van der Waals surface area contributed by atoms with E-state index < -0.39 is 0 Å². The second-order valence-corrected chi connectivity index (χ2v) is 5.27. The lowest BCUT2D eigenvalue weighted by Crippen LogP contribution is -2.09. The standard InChI is InChI=1S/C11H17N3OS/c1-15-10-9(12)11(14-7-13-10)16-8-5-3-2-4-6-8/h7-8H,2-6,12H2,1H3. The van der Waals surface area contributed by atoms with E-state index in [1.807, 2.05) is 0 Å². The zero-order chi connectivity index (χ0) is 11.4. The first-order valence-corrected chi connectivity index (χ1v) is 6.50. The van der Waals surface area contributed by atoms with Crippen molar-refractivity contribution < 1.29 is 4.74 Å². The summed E-state index contributed by atoms with van der Waals surface area (Å²) in [5, 5.41) is 1.51. The number of ether oxygens (including phenoxy) is 1. The summed E-state index contributed by atoms with van der Waals surface area (Å²) in [6.07, 6.45) is 8.03. The highest BCUT2D eigenvalue weighted by atomic mass is 32.2. The Morgan fingerprint density at radius 3 is 2.75 bits per heavy atom. The van der Waals surface area contributed by atoms with Crippen molar-refractivity contribution in [3.05, 3.63) is 6.33 Å². The maximum Gasteiger partial charge on any atom is 0.241 e. The molecule has 0 radical (unpaired) electrons. The summed E-state index contributed by atoms with van der Waals surface area (Å²) < 4.78 is 5.09. The van der Waals surface area contributed by atoms with Crippen LogP contribution in [0.2, 0.25) is 0 Å². The van der Waals surface area contributed by atoms with Crippen LogP contribution in [0.1, 0.15) is 32.1 Å². The molecule has 1 saturated carbocycles. The van der Waals surface area contributed by atoms with Crippen LogP contribution < -0.4 is 10.5 Å². The summed E-state index contributed by atoms with van der Waals surface area (Å²) in [5.41, 5.74) is 6.51. The molecule has 0 aromatic carbocycles. The van der Waals surface area contributed by atoms with Gasteiger partial charge in [-0.25, -0.2) is 4.98 Å². The Hall–Kier alpha value is -0.970. The van der Waals surface area contributed by atoms with Crippen LogP contribution in [0.25, 0.3) is 0 Å². The largest absolute Gasteiger partial charge is 0.479 e. The van der Waals surface area contributed by atoms with E-state index in [2.05, 4.69) is 9.97 Å². The van der Waals surface area contributed by atoms with Gasteiger partial charge in [-0.2, -0.15) is 4.98 Å². The van der Waals surface area contributed by atoms with Crippen LogP contribution >= 0.6 is 11.8 Å².